The number of benzene rings is 1. The summed E-state index contributed by atoms with van der Waals surface area (Å²) in [7, 11) is 0. The fraction of sp³-hybridized carbons (Fsp3) is 0. The second-order valence-electron chi connectivity index (χ2n) is 4.39. The van der Waals surface area contributed by atoms with Crippen molar-refractivity contribution < 1.29 is 14.1 Å². The van der Waals surface area contributed by atoms with Crippen LogP contribution in [-0.2, 0) is 0 Å². The quantitative estimate of drug-likeness (QED) is 0.579. The second-order valence-corrected chi connectivity index (χ2v) is 4.39. The number of nitrogens with one attached hydrogen (secondary N) is 1. The molecule has 0 aliphatic heterocycles. The number of nitro benzene ring substituents is 1. The molecule has 23 heavy (non-hydrogen) atoms. The van der Waals surface area contributed by atoms with Crippen molar-refractivity contribution in [2.45, 2.75) is 0 Å². The number of aromatic nitrogens is 3. The Balaban J connectivity index is 1.77. The summed E-state index contributed by atoms with van der Waals surface area (Å²) < 4.78 is 5.29. The fourth-order valence-electron chi connectivity index (χ4n) is 1.80. The number of carbonyl (C=O) groups excluding carboxylic acids is 1. The van der Waals surface area contributed by atoms with Gasteiger partial charge in [0.25, 0.3) is 17.5 Å². The van der Waals surface area contributed by atoms with Crippen LogP contribution in [0.2, 0.25) is 0 Å². The number of hydrogen-bond acceptors (Lipinski definition) is 7. The first-order valence-corrected chi connectivity index (χ1v) is 6.44. The highest BCUT2D eigenvalue weighted by Gasteiger charge is 2.15. The third kappa shape index (κ3) is 3.18. The SMILES string of the molecule is O=C(Nc1nnc(-c2ccccn2)o1)c1cccc([N+](=O)[O-])c1. The molecule has 3 aromatic rings. The van der Waals surface area contributed by atoms with Crippen molar-refractivity contribution in [2.24, 2.45) is 0 Å². The predicted molar refractivity (Wildman–Crippen MR) is 78.6 cm³/mol. The number of pyridine rings is 1. The molecule has 1 amide bonds. The smallest absolute Gasteiger partial charge is 0.322 e. The highest BCUT2D eigenvalue weighted by Crippen LogP contribution is 2.18. The molecule has 2 aromatic heterocycles. The summed E-state index contributed by atoms with van der Waals surface area (Å²) in [6.45, 7) is 0. The van der Waals surface area contributed by atoms with Gasteiger partial charge in [-0.15, -0.1) is 5.10 Å². The normalized spacial score (nSPS) is 10.3. The molecular formula is C14H9N5O4. The Morgan fingerprint density at radius 2 is 2.04 bits per heavy atom. The van der Waals surface area contributed by atoms with Gasteiger partial charge < -0.3 is 4.42 Å². The molecule has 0 bridgehead atoms. The van der Waals surface area contributed by atoms with Gasteiger partial charge in [-0.3, -0.25) is 25.2 Å². The van der Waals surface area contributed by atoms with E-state index in [-0.39, 0.29) is 23.2 Å². The molecule has 9 nitrogen and oxygen atoms in total. The molecule has 2 heterocycles. The molecule has 3 rings (SSSR count). The van der Waals surface area contributed by atoms with Crippen molar-refractivity contribution >= 4 is 17.6 Å². The Bertz CT molecular complexity index is 862. The van der Waals surface area contributed by atoms with Gasteiger partial charge in [0.05, 0.1) is 4.92 Å². The van der Waals surface area contributed by atoms with Crippen molar-refractivity contribution in [1.82, 2.24) is 15.2 Å². The van der Waals surface area contributed by atoms with Gasteiger partial charge in [0.1, 0.15) is 5.69 Å². The van der Waals surface area contributed by atoms with Crippen molar-refractivity contribution in [3.8, 4) is 11.6 Å². The zero-order chi connectivity index (χ0) is 16.2. The van der Waals surface area contributed by atoms with Gasteiger partial charge in [-0.25, -0.2) is 0 Å². The average molecular weight is 311 g/mol. The summed E-state index contributed by atoms with van der Waals surface area (Å²) in [6.07, 6.45) is 1.57. The highest BCUT2D eigenvalue weighted by molar-refractivity contribution is 6.03. The summed E-state index contributed by atoms with van der Waals surface area (Å²) in [4.78, 5) is 26.2. The van der Waals surface area contributed by atoms with Gasteiger partial charge in [-0.1, -0.05) is 17.2 Å². The minimum absolute atomic E-state index is 0.108. The van der Waals surface area contributed by atoms with Crippen LogP contribution in [0.4, 0.5) is 11.7 Å². The lowest BCUT2D eigenvalue weighted by molar-refractivity contribution is -0.384. The van der Waals surface area contributed by atoms with E-state index >= 15 is 0 Å². The standard InChI is InChI=1S/C14H9N5O4/c20-12(9-4-3-5-10(8-9)19(21)22)16-14-18-17-13(23-14)11-6-1-2-7-15-11/h1-8H,(H,16,18,20). The molecule has 0 aliphatic carbocycles. The third-order valence-corrected chi connectivity index (χ3v) is 2.85. The summed E-state index contributed by atoms with van der Waals surface area (Å²) >= 11 is 0. The van der Waals surface area contributed by atoms with E-state index in [9.17, 15) is 14.9 Å². The maximum atomic E-state index is 12.1. The number of carbonyl (C=O) groups is 1. The van der Waals surface area contributed by atoms with Crippen LogP contribution in [0.15, 0.2) is 53.1 Å². The first-order chi connectivity index (χ1) is 11.1. The summed E-state index contributed by atoms with van der Waals surface area (Å²) in [5.41, 5.74) is 0.394. The molecule has 0 atom stereocenters. The van der Waals surface area contributed by atoms with Crippen LogP contribution in [0, 0.1) is 10.1 Å². The number of nitrogens with zero attached hydrogens (tertiary/aromatic N) is 4. The van der Waals surface area contributed by atoms with E-state index in [0.717, 1.165) is 6.07 Å². The minimum Gasteiger partial charge on any atom is -0.401 e. The van der Waals surface area contributed by atoms with Crippen LogP contribution in [0.3, 0.4) is 0 Å². The number of rotatable bonds is 4. The number of amides is 1. The van der Waals surface area contributed by atoms with E-state index < -0.39 is 10.8 Å². The maximum Gasteiger partial charge on any atom is 0.322 e. The largest absolute Gasteiger partial charge is 0.401 e. The molecule has 9 heteroatoms. The van der Waals surface area contributed by atoms with Crippen LogP contribution in [0.5, 0.6) is 0 Å². The topological polar surface area (TPSA) is 124 Å². The van der Waals surface area contributed by atoms with E-state index in [2.05, 4.69) is 20.5 Å². The first-order valence-electron chi connectivity index (χ1n) is 6.44. The van der Waals surface area contributed by atoms with Gasteiger partial charge in [-0.2, -0.15) is 0 Å². The fourth-order valence-corrected chi connectivity index (χ4v) is 1.80. The molecule has 0 fully saturated rings. The van der Waals surface area contributed by atoms with Crippen LogP contribution in [-0.4, -0.2) is 26.0 Å². The first kappa shape index (κ1) is 14.3. The molecule has 0 radical (unpaired) electrons. The minimum atomic E-state index is -0.593. The number of non-ortho nitro benzene ring substituents is 1. The maximum absolute atomic E-state index is 12.1. The lowest BCUT2D eigenvalue weighted by atomic mass is 10.2. The molecule has 0 spiro atoms. The van der Waals surface area contributed by atoms with Crippen molar-refractivity contribution in [1.29, 1.82) is 0 Å². The Hall–Kier alpha value is -3.62. The number of hydrogen-bond donors (Lipinski definition) is 1. The zero-order valence-corrected chi connectivity index (χ0v) is 11.5. The predicted octanol–water partition coefficient (Wildman–Crippen LogP) is 2.29. The van der Waals surface area contributed by atoms with E-state index in [1.807, 2.05) is 0 Å². The van der Waals surface area contributed by atoms with Gasteiger partial charge in [0.15, 0.2) is 0 Å². The molecular weight excluding hydrogens is 302 g/mol. The van der Waals surface area contributed by atoms with E-state index in [4.69, 9.17) is 4.42 Å². The number of anilines is 1. The molecule has 1 N–H and O–H groups in total. The summed E-state index contributed by atoms with van der Waals surface area (Å²) in [6, 6.07) is 10.4. The van der Waals surface area contributed by atoms with E-state index in [1.165, 1.54) is 18.2 Å². The van der Waals surface area contributed by atoms with Crippen molar-refractivity contribution in [3.63, 3.8) is 0 Å². The average Bonchev–Trinajstić information content (AvgIpc) is 3.04. The molecule has 0 unspecified atom stereocenters. The molecule has 0 saturated carbocycles. The highest BCUT2D eigenvalue weighted by atomic mass is 16.6. The van der Waals surface area contributed by atoms with Gasteiger partial charge in [-0.05, 0) is 18.2 Å². The Labute approximate surface area is 129 Å². The van der Waals surface area contributed by atoms with Crippen LogP contribution < -0.4 is 5.32 Å². The molecule has 0 saturated heterocycles. The van der Waals surface area contributed by atoms with Gasteiger partial charge >= 0.3 is 6.01 Å². The molecule has 0 aliphatic rings. The Morgan fingerprint density at radius 1 is 1.17 bits per heavy atom. The monoisotopic (exact) mass is 311 g/mol. The molecule has 114 valence electrons. The lowest BCUT2D eigenvalue weighted by Gasteiger charge is -2.00. The van der Waals surface area contributed by atoms with E-state index in [1.54, 1.807) is 24.4 Å². The van der Waals surface area contributed by atoms with Crippen LogP contribution in [0.1, 0.15) is 10.4 Å². The summed E-state index contributed by atoms with van der Waals surface area (Å²) in [5, 5.41) is 20.6. The summed E-state index contributed by atoms with van der Waals surface area (Å²) in [5.74, 6) is -0.440. The second kappa shape index (κ2) is 6.02. The third-order valence-electron chi connectivity index (χ3n) is 2.85. The van der Waals surface area contributed by atoms with Gasteiger partial charge in [0, 0.05) is 23.9 Å². The van der Waals surface area contributed by atoms with Crippen LogP contribution >= 0.6 is 0 Å². The van der Waals surface area contributed by atoms with Gasteiger partial charge in [0.2, 0.25) is 0 Å². The van der Waals surface area contributed by atoms with Crippen LogP contribution in [0.25, 0.3) is 11.6 Å². The van der Waals surface area contributed by atoms with Crippen molar-refractivity contribution in [3.05, 3.63) is 64.3 Å². The molecule has 1 aromatic carbocycles. The Morgan fingerprint density at radius 3 is 2.78 bits per heavy atom. The van der Waals surface area contributed by atoms with E-state index in [0.29, 0.717) is 5.69 Å². The number of nitro groups is 1. The Kier molecular flexibility index (Phi) is 3.75. The lowest BCUT2D eigenvalue weighted by Crippen LogP contribution is -2.12. The van der Waals surface area contributed by atoms with Crippen molar-refractivity contribution in [2.75, 3.05) is 5.32 Å². The zero-order valence-electron chi connectivity index (χ0n) is 11.5.